The molecule has 0 bridgehead atoms. The summed E-state index contributed by atoms with van der Waals surface area (Å²) in [6, 6.07) is 2.95. The molecule has 2 fully saturated rings. The van der Waals surface area contributed by atoms with Crippen molar-refractivity contribution in [2.45, 2.75) is 43.2 Å². The Morgan fingerprint density at radius 3 is 2.38 bits per heavy atom. The summed E-state index contributed by atoms with van der Waals surface area (Å²) in [5, 5.41) is 9.64. The SMILES string of the molecule is O=S(=O)(c1cc(Cl)cc(CO)c1Cl)N(CC1CC1)C1CC1. The molecule has 0 unspecified atom stereocenters. The first-order chi connectivity index (χ1) is 9.93. The van der Waals surface area contributed by atoms with E-state index in [-0.39, 0.29) is 27.6 Å². The van der Waals surface area contributed by atoms with E-state index in [4.69, 9.17) is 23.2 Å². The average molecular weight is 350 g/mol. The number of hydrogen-bond acceptors (Lipinski definition) is 3. The molecule has 0 atom stereocenters. The van der Waals surface area contributed by atoms with Gasteiger partial charge in [-0.3, -0.25) is 0 Å². The number of sulfonamides is 1. The molecule has 0 radical (unpaired) electrons. The van der Waals surface area contributed by atoms with Gasteiger partial charge in [-0.25, -0.2) is 8.42 Å². The van der Waals surface area contributed by atoms with Crippen molar-refractivity contribution in [3.05, 3.63) is 27.7 Å². The zero-order chi connectivity index (χ0) is 15.2. The Labute approximate surface area is 134 Å². The zero-order valence-electron chi connectivity index (χ0n) is 11.4. The van der Waals surface area contributed by atoms with Crippen LogP contribution in [0.5, 0.6) is 0 Å². The summed E-state index contributed by atoms with van der Waals surface area (Å²) in [6.45, 7) is 0.221. The number of aliphatic hydroxyl groups is 1. The second-order valence-electron chi connectivity index (χ2n) is 5.78. The fourth-order valence-electron chi connectivity index (χ4n) is 2.41. The summed E-state index contributed by atoms with van der Waals surface area (Å²) in [5.74, 6) is 0.468. The molecule has 1 N–H and O–H groups in total. The van der Waals surface area contributed by atoms with Crippen LogP contribution >= 0.6 is 23.2 Å². The van der Waals surface area contributed by atoms with E-state index >= 15 is 0 Å². The largest absolute Gasteiger partial charge is 0.392 e. The second-order valence-corrected chi connectivity index (χ2v) is 8.46. The molecule has 0 heterocycles. The van der Waals surface area contributed by atoms with Crippen molar-refractivity contribution in [1.82, 2.24) is 4.31 Å². The lowest BCUT2D eigenvalue weighted by Crippen LogP contribution is -2.35. The quantitative estimate of drug-likeness (QED) is 0.858. The molecule has 2 aliphatic carbocycles. The van der Waals surface area contributed by atoms with Gasteiger partial charge in [-0.05, 0) is 49.3 Å². The van der Waals surface area contributed by atoms with E-state index in [2.05, 4.69) is 0 Å². The van der Waals surface area contributed by atoms with Gasteiger partial charge < -0.3 is 5.11 Å². The van der Waals surface area contributed by atoms with Crippen LogP contribution in [0.4, 0.5) is 0 Å². The Morgan fingerprint density at radius 2 is 1.86 bits per heavy atom. The first-order valence-electron chi connectivity index (χ1n) is 7.04. The van der Waals surface area contributed by atoms with E-state index < -0.39 is 10.0 Å². The number of hydrogen-bond donors (Lipinski definition) is 1. The van der Waals surface area contributed by atoms with E-state index in [0.29, 0.717) is 18.0 Å². The molecule has 0 amide bonds. The van der Waals surface area contributed by atoms with Crippen molar-refractivity contribution in [1.29, 1.82) is 0 Å². The number of benzene rings is 1. The molecule has 2 saturated carbocycles. The second kappa shape index (κ2) is 5.70. The standard InChI is InChI=1S/C14H17Cl2NO3S/c15-11-5-10(8-18)14(16)13(6-11)21(19,20)17(12-3-4-12)7-9-1-2-9/h5-6,9,12,18H,1-4,7-8H2. The van der Waals surface area contributed by atoms with Gasteiger partial charge >= 0.3 is 0 Å². The summed E-state index contributed by atoms with van der Waals surface area (Å²) < 4.78 is 27.4. The Kier molecular flexibility index (Phi) is 4.23. The first-order valence-corrected chi connectivity index (χ1v) is 9.23. The lowest BCUT2D eigenvalue weighted by molar-refractivity contribution is 0.281. The predicted molar refractivity (Wildman–Crippen MR) is 82.0 cm³/mol. The van der Waals surface area contributed by atoms with Crippen molar-refractivity contribution in [2.24, 2.45) is 5.92 Å². The summed E-state index contributed by atoms with van der Waals surface area (Å²) in [6.07, 6.45) is 3.97. The minimum absolute atomic E-state index is 0.00765. The molecule has 0 spiro atoms. The van der Waals surface area contributed by atoms with Gasteiger partial charge in [-0.1, -0.05) is 23.2 Å². The van der Waals surface area contributed by atoms with Crippen molar-refractivity contribution in [2.75, 3.05) is 6.54 Å². The van der Waals surface area contributed by atoms with Gasteiger partial charge in [0.15, 0.2) is 0 Å². The van der Waals surface area contributed by atoms with Crippen molar-refractivity contribution < 1.29 is 13.5 Å². The molecule has 7 heteroatoms. The summed E-state index contributed by atoms with van der Waals surface area (Å²) in [4.78, 5) is 0.00765. The van der Waals surface area contributed by atoms with Crippen molar-refractivity contribution >= 4 is 33.2 Å². The molecule has 1 aromatic carbocycles. The minimum atomic E-state index is -3.67. The van der Waals surface area contributed by atoms with Gasteiger partial charge in [0.1, 0.15) is 4.90 Å². The molecule has 4 nitrogen and oxygen atoms in total. The highest BCUT2D eigenvalue weighted by Gasteiger charge is 2.42. The summed E-state index contributed by atoms with van der Waals surface area (Å²) >= 11 is 12.1. The zero-order valence-corrected chi connectivity index (χ0v) is 13.8. The maximum absolute atomic E-state index is 12.9. The topological polar surface area (TPSA) is 57.6 Å². The molecule has 116 valence electrons. The van der Waals surface area contributed by atoms with E-state index in [1.165, 1.54) is 12.1 Å². The van der Waals surface area contributed by atoms with Gasteiger partial charge in [0, 0.05) is 17.6 Å². The van der Waals surface area contributed by atoms with Crippen LogP contribution in [0.3, 0.4) is 0 Å². The fraction of sp³-hybridized carbons (Fsp3) is 0.571. The molecule has 0 saturated heterocycles. The van der Waals surface area contributed by atoms with Crippen molar-refractivity contribution in [3.8, 4) is 0 Å². The van der Waals surface area contributed by atoms with E-state index in [1.54, 1.807) is 4.31 Å². The van der Waals surface area contributed by atoms with E-state index in [1.807, 2.05) is 0 Å². The molecular formula is C14H17Cl2NO3S. The minimum Gasteiger partial charge on any atom is -0.392 e. The van der Waals surface area contributed by atoms with Gasteiger partial charge in [0.25, 0.3) is 0 Å². The Bertz CT molecular complexity index is 654. The molecular weight excluding hydrogens is 333 g/mol. The third-order valence-electron chi connectivity index (χ3n) is 3.93. The van der Waals surface area contributed by atoms with Crippen LogP contribution in [-0.2, 0) is 16.6 Å². The van der Waals surface area contributed by atoms with Crippen LogP contribution in [-0.4, -0.2) is 30.4 Å². The smallest absolute Gasteiger partial charge is 0.244 e. The van der Waals surface area contributed by atoms with Gasteiger partial charge in [-0.2, -0.15) is 4.31 Å². The van der Waals surface area contributed by atoms with Gasteiger partial charge in [0.05, 0.1) is 11.6 Å². The Morgan fingerprint density at radius 1 is 1.19 bits per heavy atom. The third-order valence-corrected chi connectivity index (χ3v) is 6.64. The fourth-order valence-corrected chi connectivity index (χ4v) is 5.07. The Hall–Kier alpha value is -0.330. The Balaban J connectivity index is 2.01. The highest BCUT2D eigenvalue weighted by atomic mass is 35.5. The van der Waals surface area contributed by atoms with Crippen molar-refractivity contribution in [3.63, 3.8) is 0 Å². The molecule has 3 rings (SSSR count). The van der Waals surface area contributed by atoms with Gasteiger partial charge in [-0.15, -0.1) is 0 Å². The molecule has 2 aliphatic rings. The maximum atomic E-state index is 12.9. The van der Waals surface area contributed by atoms with Crippen LogP contribution in [0.1, 0.15) is 31.2 Å². The number of nitrogens with zero attached hydrogens (tertiary/aromatic N) is 1. The highest BCUT2D eigenvalue weighted by molar-refractivity contribution is 7.89. The monoisotopic (exact) mass is 349 g/mol. The summed E-state index contributed by atoms with van der Waals surface area (Å²) in [5.41, 5.74) is 0.338. The lowest BCUT2D eigenvalue weighted by atomic mass is 10.2. The molecule has 1 aromatic rings. The maximum Gasteiger partial charge on any atom is 0.244 e. The molecule has 0 aromatic heterocycles. The number of halogens is 2. The third kappa shape index (κ3) is 3.22. The van der Waals surface area contributed by atoms with Crippen LogP contribution in [0.25, 0.3) is 0 Å². The van der Waals surface area contributed by atoms with Crippen LogP contribution < -0.4 is 0 Å². The van der Waals surface area contributed by atoms with Gasteiger partial charge in [0.2, 0.25) is 10.0 Å². The lowest BCUT2D eigenvalue weighted by Gasteiger charge is -2.23. The molecule has 0 aliphatic heterocycles. The van der Waals surface area contributed by atoms with Crippen LogP contribution in [0, 0.1) is 5.92 Å². The van der Waals surface area contributed by atoms with E-state index in [0.717, 1.165) is 25.7 Å². The van der Waals surface area contributed by atoms with E-state index in [9.17, 15) is 13.5 Å². The number of rotatable bonds is 6. The number of aliphatic hydroxyl groups excluding tert-OH is 1. The van der Waals surface area contributed by atoms with Crippen LogP contribution in [0.2, 0.25) is 10.0 Å². The molecule has 21 heavy (non-hydrogen) atoms. The van der Waals surface area contributed by atoms with Crippen LogP contribution in [0.15, 0.2) is 17.0 Å². The normalized spacial score (nSPS) is 19.2. The predicted octanol–water partition coefficient (Wildman–Crippen LogP) is 3.05. The highest BCUT2D eigenvalue weighted by Crippen LogP contribution is 2.40. The first kappa shape index (κ1) is 15.6. The summed E-state index contributed by atoms with van der Waals surface area (Å²) in [7, 11) is -3.67. The average Bonchev–Trinajstić information content (AvgIpc) is 3.30.